The lowest BCUT2D eigenvalue weighted by Crippen LogP contribution is -2.19. The van der Waals surface area contributed by atoms with Crippen LogP contribution in [-0.4, -0.2) is 17.9 Å². The molecule has 0 aliphatic rings. The molecule has 0 aliphatic carbocycles. The van der Waals surface area contributed by atoms with Gasteiger partial charge in [-0.2, -0.15) is 0 Å². The molecule has 2 aromatic carbocycles. The summed E-state index contributed by atoms with van der Waals surface area (Å²) < 4.78 is 15.5. The van der Waals surface area contributed by atoms with Crippen molar-refractivity contribution < 1.29 is 9.18 Å². The van der Waals surface area contributed by atoms with Gasteiger partial charge in [0, 0.05) is 21.6 Å². The average molecular weight is 434 g/mol. The minimum atomic E-state index is -0.317. The van der Waals surface area contributed by atoms with Crippen LogP contribution in [0.15, 0.2) is 36.4 Å². The summed E-state index contributed by atoms with van der Waals surface area (Å²) in [5.41, 5.74) is 4.26. The van der Waals surface area contributed by atoms with Crippen molar-refractivity contribution in [2.75, 3.05) is 7.05 Å². The minimum Gasteiger partial charge on any atom is -0.354 e. The van der Waals surface area contributed by atoms with Crippen LogP contribution in [0.25, 0.3) is 22.0 Å². The van der Waals surface area contributed by atoms with Crippen LogP contribution < -0.4 is 5.32 Å². The van der Waals surface area contributed by atoms with Crippen LogP contribution in [0.3, 0.4) is 0 Å². The molecule has 0 aliphatic heterocycles. The monoisotopic (exact) mass is 434 g/mol. The van der Waals surface area contributed by atoms with Crippen molar-refractivity contribution in [1.82, 2.24) is 10.3 Å². The topological polar surface area (TPSA) is 42.0 Å². The molecule has 3 rings (SSSR count). The number of hydrogen-bond donors (Lipinski definition) is 1. The number of hydrogen-bond acceptors (Lipinski definition) is 2. The summed E-state index contributed by atoms with van der Waals surface area (Å²) in [7, 11) is 1.56. The van der Waals surface area contributed by atoms with E-state index >= 15 is 0 Å². The summed E-state index contributed by atoms with van der Waals surface area (Å²) in [6, 6.07) is 10.2. The highest BCUT2D eigenvalue weighted by Crippen LogP contribution is 2.35. The van der Waals surface area contributed by atoms with Gasteiger partial charge in [0.1, 0.15) is 11.5 Å². The van der Waals surface area contributed by atoms with Gasteiger partial charge in [-0.05, 0) is 71.3 Å². The van der Waals surface area contributed by atoms with Gasteiger partial charge in [0.05, 0.1) is 5.52 Å². The Hall–Kier alpha value is -2.02. The van der Waals surface area contributed by atoms with Crippen molar-refractivity contribution in [1.29, 1.82) is 0 Å². The number of aryl methyl sites for hydroxylation is 2. The van der Waals surface area contributed by atoms with Gasteiger partial charge in [-0.3, -0.25) is 4.79 Å². The first-order chi connectivity index (χ1) is 11.4. The van der Waals surface area contributed by atoms with Crippen LogP contribution in [0.2, 0.25) is 0 Å². The first kappa shape index (κ1) is 16.8. The third kappa shape index (κ3) is 2.77. The molecule has 122 valence electrons. The molecule has 0 unspecified atom stereocenters. The van der Waals surface area contributed by atoms with Gasteiger partial charge < -0.3 is 5.32 Å². The summed E-state index contributed by atoms with van der Waals surface area (Å²) in [5.74, 6) is -0.605. The first-order valence-electron chi connectivity index (χ1n) is 7.51. The van der Waals surface area contributed by atoms with Crippen LogP contribution in [0.1, 0.15) is 21.6 Å². The number of aromatic nitrogens is 1. The molecular formula is C19H16FIN2O. The van der Waals surface area contributed by atoms with E-state index in [0.29, 0.717) is 16.6 Å². The smallest absolute Gasteiger partial charge is 0.269 e. The molecule has 24 heavy (non-hydrogen) atoms. The molecule has 0 bridgehead atoms. The summed E-state index contributed by atoms with van der Waals surface area (Å²) in [4.78, 5) is 16.6. The Morgan fingerprint density at radius 3 is 2.54 bits per heavy atom. The van der Waals surface area contributed by atoms with Crippen LogP contribution in [0.4, 0.5) is 4.39 Å². The quantitative estimate of drug-likeness (QED) is 0.599. The highest BCUT2D eigenvalue weighted by molar-refractivity contribution is 14.1. The van der Waals surface area contributed by atoms with E-state index in [9.17, 15) is 9.18 Å². The minimum absolute atomic E-state index is 0.281. The molecule has 0 fully saturated rings. The second-order valence-electron chi connectivity index (χ2n) is 5.64. The fraction of sp³-hybridized carbons (Fsp3) is 0.158. The highest BCUT2D eigenvalue weighted by Gasteiger charge is 2.18. The molecule has 0 radical (unpaired) electrons. The molecule has 0 spiro atoms. The number of fused-ring (bicyclic) bond motifs is 1. The largest absolute Gasteiger partial charge is 0.354 e. The van der Waals surface area contributed by atoms with Gasteiger partial charge in [0.25, 0.3) is 5.91 Å². The predicted molar refractivity (Wildman–Crippen MR) is 103 cm³/mol. The molecule has 1 N–H and O–H groups in total. The fourth-order valence-electron chi connectivity index (χ4n) is 2.87. The van der Waals surface area contributed by atoms with Crippen molar-refractivity contribution >= 4 is 39.4 Å². The highest BCUT2D eigenvalue weighted by atomic mass is 127. The number of carbonyl (C=O) groups excluding carboxylic acids is 1. The van der Waals surface area contributed by atoms with E-state index in [1.54, 1.807) is 31.3 Å². The van der Waals surface area contributed by atoms with Gasteiger partial charge in [-0.25, -0.2) is 9.37 Å². The molecule has 3 aromatic rings. The lowest BCUT2D eigenvalue weighted by Gasteiger charge is -2.15. The van der Waals surface area contributed by atoms with Crippen LogP contribution in [0, 0.1) is 23.2 Å². The SMILES string of the molecule is CNC(=O)c1cc(-c2ccccc2F)c2c(C)c(I)c(C)cc2n1. The van der Waals surface area contributed by atoms with Crippen molar-refractivity contribution in [3.05, 3.63) is 62.6 Å². The van der Waals surface area contributed by atoms with Crippen LogP contribution in [-0.2, 0) is 0 Å². The Morgan fingerprint density at radius 1 is 1.17 bits per heavy atom. The zero-order valence-corrected chi connectivity index (χ0v) is 15.7. The van der Waals surface area contributed by atoms with Gasteiger partial charge in [-0.1, -0.05) is 18.2 Å². The Labute approximate surface area is 153 Å². The van der Waals surface area contributed by atoms with E-state index < -0.39 is 0 Å². The second-order valence-corrected chi connectivity index (χ2v) is 6.72. The third-order valence-corrected chi connectivity index (χ3v) is 5.73. The zero-order chi connectivity index (χ0) is 17.4. The second kappa shape index (κ2) is 6.47. The number of pyridine rings is 1. The Bertz CT molecular complexity index is 969. The maximum absolute atomic E-state index is 14.4. The van der Waals surface area contributed by atoms with Crippen LogP contribution in [0.5, 0.6) is 0 Å². The lowest BCUT2D eigenvalue weighted by atomic mass is 9.95. The molecule has 5 heteroatoms. The Morgan fingerprint density at radius 2 is 1.88 bits per heavy atom. The predicted octanol–water partition coefficient (Wildman–Crippen LogP) is 4.62. The van der Waals surface area contributed by atoms with E-state index in [2.05, 4.69) is 32.9 Å². The Balaban J connectivity index is 2.47. The molecule has 0 saturated heterocycles. The average Bonchev–Trinajstić information content (AvgIpc) is 2.58. The molecule has 1 aromatic heterocycles. The molecule has 0 atom stereocenters. The Kier molecular flexibility index (Phi) is 4.54. The van der Waals surface area contributed by atoms with Crippen molar-refractivity contribution in [3.8, 4) is 11.1 Å². The third-order valence-electron chi connectivity index (χ3n) is 4.07. The molecule has 1 amide bonds. The molecular weight excluding hydrogens is 418 g/mol. The van der Waals surface area contributed by atoms with E-state index in [0.717, 1.165) is 20.1 Å². The number of benzene rings is 2. The number of nitrogens with zero attached hydrogens (tertiary/aromatic N) is 1. The van der Waals surface area contributed by atoms with Gasteiger partial charge in [-0.15, -0.1) is 0 Å². The van der Waals surface area contributed by atoms with E-state index in [-0.39, 0.29) is 17.4 Å². The van der Waals surface area contributed by atoms with Crippen molar-refractivity contribution in [2.45, 2.75) is 13.8 Å². The summed E-state index contributed by atoms with van der Waals surface area (Å²) >= 11 is 2.29. The molecule has 0 saturated carbocycles. The standard InChI is InChI=1S/C19H16FIN2O/c1-10-8-15-17(11(2)18(10)21)13(9-16(23-15)19(24)22-3)12-6-4-5-7-14(12)20/h4-9H,1-3H3,(H,22,24). The summed E-state index contributed by atoms with van der Waals surface area (Å²) in [5, 5.41) is 3.46. The number of carbonyl (C=O) groups is 1. The molecule has 1 heterocycles. The zero-order valence-electron chi connectivity index (χ0n) is 13.6. The fourth-order valence-corrected chi connectivity index (χ4v) is 3.30. The number of nitrogens with one attached hydrogen (secondary N) is 1. The normalized spacial score (nSPS) is 10.9. The van der Waals surface area contributed by atoms with Gasteiger partial charge in [0.15, 0.2) is 0 Å². The maximum Gasteiger partial charge on any atom is 0.269 e. The van der Waals surface area contributed by atoms with Crippen LogP contribution >= 0.6 is 22.6 Å². The van der Waals surface area contributed by atoms with E-state index in [1.165, 1.54) is 6.07 Å². The van der Waals surface area contributed by atoms with Crippen molar-refractivity contribution in [2.24, 2.45) is 0 Å². The number of halogens is 2. The van der Waals surface area contributed by atoms with E-state index in [1.807, 2.05) is 19.9 Å². The number of rotatable bonds is 2. The first-order valence-corrected chi connectivity index (χ1v) is 8.59. The molecule has 3 nitrogen and oxygen atoms in total. The van der Waals surface area contributed by atoms with Gasteiger partial charge >= 0.3 is 0 Å². The van der Waals surface area contributed by atoms with Gasteiger partial charge in [0.2, 0.25) is 0 Å². The maximum atomic E-state index is 14.4. The van der Waals surface area contributed by atoms with E-state index in [4.69, 9.17) is 0 Å². The summed E-state index contributed by atoms with van der Waals surface area (Å²) in [6.45, 7) is 4.01. The lowest BCUT2D eigenvalue weighted by molar-refractivity contribution is 0.0958. The number of amides is 1. The summed E-state index contributed by atoms with van der Waals surface area (Å²) in [6.07, 6.45) is 0. The van der Waals surface area contributed by atoms with Crippen molar-refractivity contribution in [3.63, 3.8) is 0 Å².